The fourth-order valence-corrected chi connectivity index (χ4v) is 14.9. The van der Waals surface area contributed by atoms with Crippen molar-refractivity contribution < 1.29 is 0 Å². The van der Waals surface area contributed by atoms with E-state index in [0.717, 1.165) is 66.1 Å². The SMILES string of the molecule is CC1(C)c2ccc(-c3ccc4sc5ccc(-c6ccc7c(c6)-c6cc(-c8cnc9c%10ccccc%10c%10ccccc%10c9n8)ccc6C7(C)C)cc5c4c3)cc2-c2cc(-c3cnc4c5ccccc5c5ccccc5c4n3)ccc21. The molecule has 17 rings (SSSR count). The lowest BCUT2D eigenvalue weighted by Crippen LogP contribution is -2.14. The van der Waals surface area contributed by atoms with E-state index in [-0.39, 0.29) is 10.8 Å². The zero-order valence-electron chi connectivity index (χ0n) is 44.0. The summed E-state index contributed by atoms with van der Waals surface area (Å²) in [6.45, 7) is 9.42. The molecule has 0 radical (unpaired) electrons. The smallest absolute Gasteiger partial charge is 0.0979 e. The van der Waals surface area contributed by atoms with Crippen molar-refractivity contribution in [3.63, 3.8) is 0 Å². The van der Waals surface area contributed by atoms with E-state index < -0.39 is 0 Å². The average Bonchev–Trinajstić information content (AvgIpc) is 4.30. The Bertz CT molecular complexity index is 4820. The predicted octanol–water partition coefficient (Wildman–Crippen LogP) is 19.8. The molecular weight excluding hydrogens is 977 g/mol. The van der Waals surface area contributed by atoms with Crippen LogP contribution in [0.25, 0.3) is 152 Å². The fraction of sp³-hybridized carbons (Fsp3) is 0.0811. The molecular formula is C74H48N4S. The van der Waals surface area contributed by atoms with Crippen LogP contribution in [0.15, 0.2) is 219 Å². The Morgan fingerprint density at radius 2 is 0.570 bits per heavy atom. The molecule has 0 N–H and O–H groups in total. The maximum absolute atomic E-state index is 5.38. The van der Waals surface area contributed by atoms with Gasteiger partial charge in [0, 0.05) is 63.7 Å². The summed E-state index contributed by atoms with van der Waals surface area (Å²) < 4.78 is 2.58. The molecule has 79 heavy (non-hydrogen) atoms. The summed E-state index contributed by atoms with van der Waals surface area (Å²) in [5, 5.41) is 11.9. The summed E-state index contributed by atoms with van der Waals surface area (Å²) in [5.74, 6) is 0. The van der Waals surface area contributed by atoms with Crippen LogP contribution in [-0.4, -0.2) is 19.9 Å². The van der Waals surface area contributed by atoms with Crippen LogP contribution in [0.5, 0.6) is 0 Å². The third-order valence-electron chi connectivity index (χ3n) is 17.9. The molecule has 0 bridgehead atoms. The molecule has 370 valence electrons. The van der Waals surface area contributed by atoms with Crippen molar-refractivity contribution in [2.75, 3.05) is 0 Å². The second-order valence-corrected chi connectivity index (χ2v) is 24.0. The molecule has 0 saturated heterocycles. The van der Waals surface area contributed by atoms with Crippen molar-refractivity contribution in [2.45, 2.75) is 38.5 Å². The maximum Gasteiger partial charge on any atom is 0.0979 e. The molecule has 0 saturated carbocycles. The van der Waals surface area contributed by atoms with Crippen LogP contribution in [-0.2, 0) is 10.8 Å². The van der Waals surface area contributed by atoms with E-state index in [2.05, 4.69) is 234 Å². The van der Waals surface area contributed by atoms with Gasteiger partial charge < -0.3 is 0 Å². The first-order chi connectivity index (χ1) is 38.6. The molecule has 3 heterocycles. The molecule has 0 fully saturated rings. The van der Waals surface area contributed by atoms with Crippen LogP contribution in [0.2, 0.25) is 0 Å². The number of benzene rings is 12. The molecule has 4 nitrogen and oxygen atoms in total. The second-order valence-electron chi connectivity index (χ2n) is 22.9. The molecule has 5 heteroatoms. The first kappa shape index (κ1) is 44.7. The second kappa shape index (κ2) is 16.1. The van der Waals surface area contributed by atoms with E-state index in [4.69, 9.17) is 19.9 Å². The van der Waals surface area contributed by atoms with Gasteiger partial charge in [0.15, 0.2) is 0 Å². The van der Waals surface area contributed by atoms with Crippen molar-refractivity contribution in [1.82, 2.24) is 19.9 Å². The third-order valence-corrected chi connectivity index (χ3v) is 19.1. The normalized spacial score (nSPS) is 14.0. The summed E-state index contributed by atoms with van der Waals surface area (Å²) in [4.78, 5) is 21.0. The molecule has 0 spiro atoms. The molecule has 0 unspecified atom stereocenters. The Kier molecular flexibility index (Phi) is 9.09. The first-order valence-corrected chi connectivity index (χ1v) is 28.1. The Hall–Kier alpha value is -9.42. The maximum atomic E-state index is 5.38. The van der Waals surface area contributed by atoms with Gasteiger partial charge in [-0.2, -0.15) is 0 Å². The average molecular weight is 1030 g/mol. The number of hydrogen-bond acceptors (Lipinski definition) is 5. The highest BCUT2D eigenvalue weighted by Crippen LogP contribution is 2.53. The van der Waals surface area contributed by atoms with Gasteiger partial charge >= 0.3 is 0 Å². The van der Waals surface area contributed by atoms with Crippen molar-refractivity contribution in [3.8, 4) is 67.0 Å². The molecule has 15 aromatic rings. The van der Waals surface area contributed by atoms with Crippen molar-refractivity contribution in [1.29, 1.82) is 0 Å². The van der Waals surface area contributed by atoms with Gasteiger partial charge in [-0.1, -0.05) is 185 Å². The van der Waals surface area contributed by atoms with Gasteiger partial charge in [-0.05, 0) is 137 Å². The van der Waals surface area contributed by atoms with E-state index in [1.54, 1.807) is 0 Å². The summed E-state index contributed by atoms with van der Waals surface area (Å²) in [7, 11) is 0. The summed E-state index contributed by atoms with van der Waals surface area (Å²) in [5.41, 5.74) is 22.7. The summed E-state index contributed by atoms with van der Waals surface area (Å²) in [6, 6.07) is 76.4. The molecule has 2 aliphatic rings. The van der Waals surface area contributed by atoms with Gasteiger partial charge in [0.25, 0.3) is 0 Å². The minimum Gasteiger partial charge on any atom is -0.252 e. The van der Waals surface area contributed by atoms with Crippen molar-refractivity contribution >= 4 is 96.7 Å². The number of rotatable bonds is 4. The minimum absolute atomic E-state index is 0.148. The van der Waals surface area contributed by atoms with Gasteiger partial charge in [0.1, 0.15) is 0 Å². The first-order valence-electron chi connectivity index (χ1n) is 27.3. The highest BCUT2D eigenvalue weighted by atomic mass is 32.1. The molecule has 0 aliphatic heterocycles. The number of hydrogen-bond donors (Lipinski definition) is 0. The van der Waals surface area contributed by atoms with E-state index in [9.17, 15) is 0 Å². The van der Waals surface area contributed by atoms with Gasteiger partial charge in [-0.15, -0.1) is 11.3 Å². The minimum atomic E-state index is -0.148. The van der Waals surface area contributed by atoms with Gasteiger partial charge in [0.2, 0.25) is 0 Å². The summed E-state index contributed by atoms with van der Waals surface area (Å²) >= 11 is 1.87. The van der Waals surface area contributed by atoms with Gasteiger partial charge in [-0.3, -0.25) is 9.97 Å². The highest BCUT2D eigenvalue weighted by molar-refractivity contribution is 7.25. The largest absolute Gasteiger partial charge is 0.252 e. The van der Waals surface area contributed by atoms with Crippen LogP contribution in [0, 0.1) is 0 Å². The summed E-state index contributed by atoms with van der Waals surface area (Å²) in [6.07, 6.45) is 3.92. The van der Waals surface area contributed by atoms with Crippen molar-refractivity contribution in [2.24, 2.45) is 0 Å². The van der Waals surface area contributed by atoms with Crippen LogP contribution < -0.4 is 0 Å². The molecule has 0 atom stereocenters. The fourth-order valence-electron chi connectivity index (χ4n) is 13.9. The zero-order valence-corrected chi connectivity index (χ0v) is 44.8. The van der Waals surface area contributed by atoms with Gasteiger partial charge in [-0.25, -0.2) is 9.97 Å². The molecule has 2 aliphatic carbocycles. The third kappa shape index (κ3) is 6.36. The Labute approximate surface area is 460 Å². The van der Waals surface area contributed by atoms with Crippen LogP contribution in [0.3, 0.4) is 0 Å². The lowest BCUT2D eigenvalue weighted by Gasteiger charge is -2.21. The van der Waals surface area contributed by atoms with E-state index in [1.165, 1.54) is 108 Å². The van der Waals surface area contributed by atoms with E-state index in [1.807, 2.05) is 23.7 Å². The predicted molar refractivity (Wildman–Crippen MR) is 332 cm³/mol. The highest BCUT2D eigenvalue weighted by Gasteiger charge is 2.37. The number of fused-ring (bicyclic) bond motifs is 21. The monoisotopic (exact) mass is 1020 g/mol. The number of nitrogens with zero attached hydrogens (tertiary/aromatic N) is 4. The van der Waals surface area contributed by atoms with Crippen molar-refractivity contribution in [3.05, 3.63) is 241 Å². The zero-order chi connectivity index (χ0) is 52.5. The molecule has 0 amide bonds. The Balaban J connectivity index is 0.730. The topological polar surface area (TPSA) is 51.6 Å². The van der Waals surface area contributed by atoms with E-state index in [0.29, 0.717) is 0 Å². The molecule has 12 aromatic carbocycles. The Morgan fingerprint density at radius 1 is 0.278 bits per heavy atom. The quantitative estimate of drug-likeness (QED) is 0.165. The van der Waals surface area contributed by atoms with E-state index >= 15 is 0 Å². The number of thiophene rings is 1. The Morgan fingerprint density at radius 3 is 0.937 bits per heavy atom. The lowest BCUT2D eigenvalue weighted by molar-refractivity contribution is 0.660. The lowest BCUT2D eigenvalue weighted by atomic mass is 9.82. The van der Waals surface area contributed by atoms with Crippen LogP contribution in [0.4, 0.5) is 0 Å². The number of aromatic nitrogens is 4. The van der Waals surface area contributed by atoms with Crippen LogP contribution >= 0.6 is 11.3 Å². The molecule has 3 aromatic heterocycles. The van der Waals surface area contributed by atoms with Gasteiger partial charge in [0.05, 0.1) is 45.8 Å². The van der Waals surface area contributed by atoms with Crippen LogP contribution in [0.1, 0.15) is 49.9 Å². The standard InChI is InChI=1S/C74H48N4S/c1-73(2)61-27-21-41(33-55(61)57-37-45(23-29-63(57)73)65-39-75-69-51-17-9-5-13-47(51)49-15-7-11-19-53(49)71(69)77-65)43-25-31-67-59(35-43)60-36-44(26-32-68(60)79-67)42-22-28-62-56(34-42)58-38-46(24-30-64(58)74(62,3)4)66-40-76-70-52-18-10-6-14-48(52)50-16-8-12-20-54(50)72(70)78-66/h5-40H,1-4H3.